The van der Waals surface area contributed by atoms with Gasteiger partial charge in [0, 0.05) is 13.1 Å². The molecule has 0 aromatic heterocycles. The molecule has 0 aliphatic heterocycles. The Morgan fingerprint density at radius 3 is 1.42 bits per heavy atom. The van der Waals surface area contributed by atoms with Gasteiger partial charge in [-0.3, -0.25) is 0 Å². The molecule has 8 heteroatoms. The van der Waals surface area contributed by atoms with Gasteiger partial charge in [0.05, 0.1) is 0 Å². The molecule has 0 aromatic rings. The number of rotatable bonds is 3. The fourth-order valence-corrected chi connectivity index (χ4v) is 0.737. The number of hydrogen-bond donors (Lipinski definition) is 2. The van der Waals surface area contributed by atoms with Crippen molar-refractivity contribution in [3.8, 4) is 0 Å². The first-order valence-corrected chi connectivity index (χ1v) is 4.16. The minimum absolute atomic E-state index is 0. The van der Waals surface area contributed by atoms with Crippen LogP contribution in [0.2, 0.25) is 0 Å². The summed E-state index contributed by atoms with van der Waals surface area (Å²) in [5.41, 5.74) is 0. The predicted molar refractivity (Wildman–Crippen MR) is 55.9 cm³/mol. The van der Waals surface area contributed by atoms with E-state index in [2.05, 4.69) is 60.3 Å². The normalized spacial score (nSPS) is 7.00. The molecule has 1 radical (unpaired) electrons. The molecule has 0 heterocycles. The molecule has 0 aliphatic carbocycles. The SMILES string of the molecule is S=C([S-])NCCNC(=S)[S-].[Mn+2].[Zn+2]. The average molecular weight is 331 g/mol. The van der Waals surface area contributed by atoms with Crippen LogP contribution in [-0.2, 0) is 61.8 Å². The molecular weight excluding hydrogens is 325 g/mol. The van der Waals surface area contributed by atoms with Crippen molar-refractivity contribution >= 4 is 58.3 Å². The van der Waals surface area contributed by atoms with Crippen LogP contribution in [0.3, 0.4) is 0 Å². The zero-order valence-electron chi connectivity index (χ0n) is 6.13. The molecule has 0 aliphatic rings. The standard InChI is InChI=1S/C4H8N2S4.Mn.Zn/c7-3(8)5-1-2-6-4(9)10;;/h1-2H2,(H2,5,7,8)(H2,6,9,10);;/q;2*+2/p-2. The van der Waals surface area contributed by atoms with E-state index < -0.39 is 0 Å². The van der Waals surface area contributed by atoms with Crippen molar-refractivity contribution in [1.82, 2.24) is 10.6 Å². The summed E-state index contributed by atoms with van der Waals surface area (Å²) >= 11 is 18.4. The minimum atomic E-state index is 0. The molecule has 0 saturated heterocycles. The smallest absolute Gasteiger partial charge is 0.412 e. The van der Waals surface area contributed by atoms with E-state index in [0.717, 1.165) is 0 Å². The first-order chi connectivity index (χ1) is 4.63. The van der Waals surface area contributed by atoms with Crippen LogP contribution in [-0.4, -0.2) is 21.7 Å². The van der Waals surface area contributed by atoms with Gasteiger partial charge in [-0.15, -0.1) is 0 Å². The number of hydrogen-bond acceptors (Lipinski definition) is 4. The van der Waals surface area contributed by atoms with Gasteiger partial charge in [-0.05, 0) is 0 Å². The van der Waals surface area contributed by atoms with Crippen molar-refractivity contribution in [3.63, 3.8) is 0 Å². The summed E-state index contributed by atoms with van der Waals surface area (Å²) in [6, 6.07) is 0. The van der Waals surface area contributed by atoms with Gasteiger partial charge in [-0.2, -0.15) is 0 Å². The number of thiocarbonyl (C=S) groups is 2. The first-order valence-electron chi connectivity index (χ1n) is 2.52. The van der Waals surface area contributed by atoms with Crippen LogP contribution in [0.5, 0.6) is 0 Å². The first kappa shape index (κ1) is 19.0. The number of nitrogens with one attached hydrogen (secondary N) is 2. The van der Waals surface area contributed by atoms with Gasteiger partial charge in [0.2, 0.25) is 0 Å². The third-order valence-corrected chi connectivity index (χ3v) is 1.24. The van der Waals surface area contributed by atoms with E-state index in [9.17, 15) is 0 Å². The molecule has 0 fully saturated rings. The maximum atomic E-state index is 4.59. The maximum absolute atomic E-state index is 4.59. The van der Waals surface area contributed by atoms with Gasteiger partial charge < -0.3 is 60.3 Å². The van der Waals surface area contributed by atoms with Gasteiger partial charge in [0.1, 0.15) is 0 Å². The van der Waals surface area contributed by atoms with Gasteiger partial charge >= 0.3 is 36.5 Å². The second-order valence-corrected chi connectivity index (χ2v) is 3.58. The second-order valence-electron chi connectivity index (χ2n) is 1.43. The third kappa shape index (κ3) is 17.4. The van der Waals surface area contributed by atoms with Gasteiger partial charge in [-0.1, -0.05) is 8.64 Å². The van der Waals surface area contributed by atoms with Crippen LogP contribution >= 0.6 is 24.4 Å². The van der Waals surface area contributed by atoms with Crippen LogP contribution in [0.15, 0.2) is 0 Å². The van der Waals surface area contributed by atoms with Crippen LogP contribution in [0.4, 0.5) is 0 Å². The average Bonchev–Trinajstić information content (AvgIpc) is 1.79. The zero-order chi connectivity index (χ0) is 7.98. The Kier molecular flexibility index (Phi) is 19.6. The predicted octanol–water partition coefficient (Wildman–Crippen LogP) is -0.176. The van der Waals surface area contributed by atoms with E-state index in [-0.39, 0.29) is 36.5 Å². The van der Waals surface area contributed by atoms with Crippen molar-refractivity contribution in [1.29, 1.82) is 0 Å². The van der Waals surface area contributed by atoms with Gasteiger partial charge in [0.25, 0.3) is 0 Å². The molecule has 0 atom stereocenters. The van der Waals surface area contributed by atoms with Crippen LogP contribution in [0.1, 0.15) is 0 Å². The zero-order valence-corrected chi connectivity index (χ0v) is 13.5. The molecule has 0 amide bonds. The molecule has 12 heavy (non-hydrogen) atoms. The fourth-order valence-electron chi connectivity index (χ4n) is 0.329. The van der Waals surface area contributed by atoms with Crippen molar-refractivity contribution in [2.24, 2.45) is 0 Å². The van der Waals surface area contributed by atoms with Crippen molar-refractivity contribution < 1.29 is 36.5 Å². The molecule has 2 N–H and O–H groups in total. The molecule has 0 aromatic carbocycles. The summed E-state index contributed by atoms with van der Waals surface area (Å²) in [5, 5.41) is 5.56. The monoisotopic (exact) mass is 329 g/mol. The quantitative estimate of drug-likeness (QED) is 0.322. The molecule has 0 unspecified atom stereocenters. The van der Waals surface area contributed by atoms with E-state index >= 15 is 0 Å². The van der Waals surface area contributed by atoms with E-state index in [0.29, 0.717) is 21.7 Å². The fraction of sp³-hybridized carbons (Fsp3) is 0.500. The molecular formula is C4H6MnN2S4Zn+2. The summed E-state index contributed by atoms with van der Waals surface area (Å²) in [7, 11) is 0. The summed E-state index contributed by atoms with van der Waals surface area (Å²) in [5.74, 6) is 0. The van der Waals surface area contributed by atoms with Gasteiger partial charge in [0.15, 0.2) is 0 Å². The van der Waals surface area contributed by atoms with Crippen LogP contribution in [0, 0.1) is 0 Å². The Balaban J connectivity index is -0.000000405. The van der Waals surface area contributed by atoms with Crippen molar-refractivity contribution in [2.45, 2.75) is 0 Å². The van der Waals surface area contributed by atoms with Crippen LogP contribution < -0.4 is 10.6 Å². The molecule has 0 spiro atoms. The van der Waals surface area contributed by atoms with E-state index in [1.54, 1.807) is 0 Å². The Labute approximate surface area is 117 Å². The molecule has 0 rings (SSSR count). The Morgan fingerprint density at radius 2 is 1.25 bits per heavy atom. The van der Waals surface area contributed by atoms with E-state index in [1.807, 2.05) is 0 Å². The Morgan fingerprint density at radius 1 is 1.00 bits per heavy atom. The third-order valence-electron chi connectivity index (χ3n) is 0.664. The topological polar surface area (TPSA) is 24.1 Å². The largest absolute Gasteiger partial charge is 2.00 e. The van der Waals surface area contributed by atoms with Crippen molar-refractivity contribution in [3.05, 3.63) is 0 Å². The van der Waals surface area contributed by atoms with E-state index in [1.165, 1.54) is 0 Å². The summed E-state index contributed by atoms with van der Waals surface area (Å²) in [4.78, 5) is 0. The van der Waals surface area contributed by atoms with Crippen molar-refractivity contribution in [2.75, 3.05) is 13.1 Å². The summed E-state index contributed by atoms with van der Waals surface area (Å²) < 4.78 is 0.745. The molecule has 0 saturated carbocycles. The van der Waals surface area contributed by atoms with E-state index in [4.69, 9.17) is 0 Å². The molecule has 2 nitrogen and oxygen atoms in total. The summed E-state index contributed by atoms with van der Waals surface area (Å²) in [6.07, 6.45) is 0. The molecule has 63 valence electrons. The second kappa shape index (κ2) is 12.4. The van der Waals surface area contributed by atoms with Crippen LogP contribution in [0.25, 0.3) is 0 Å². The Hall–Kier alpha value is 1.36. The van der Waals surface area contributed by atoms with Gasteiger partial charge in [-0.25, -0.2) is 0 Å². The maximum Gasteiger partial charge on any atom is 2.00 e. The minimum Gasteiger partial charge on any atom is -0.412 e. The molecule has 0 bridgehead atoms. The summed E-state index contributed by atoms with van der Waals surface area (Å²) in [6.45, 7) is 1.33. The Bertz CT molecular complexity index is 129.